The van der Waals surface area contributed by atoms with Crippen molar-refractivity contribution >= 4 is 0 Å². The van der Waals surface area contributed by atoms with Crippen LogP contribution in [0.4, 0.5) is 0 Å². The molecule has 0 saturated carbocycles. The van der Waals surface area contributed by atoms with Crippen molar-refractivity contribution < 1.29 is 14.9 Å². The van der Waals surface area contributed by atoms with Gasteiger partial charge in [0.15, 0.2) is 5.72 Å². The molecule has 2 heterocycles. The molecular formula is C12H16N2O5. The first-order chi connectivity index (χ1) is 9.02. The fourth-order valence-corrected chi connectivity index (χ4v) is 2.37. The number of hydrogen-bond donors (Lipinski definition) is 3. The minimum absolute atomic E-state index is 0.135. The highest BCUT2D eigenvalue weighted by Crippen LogP contribution is 2.37. The van der Waals surface area contributed by atoms with Crippen LogP contribution >= 0.6 is 0 Å². The topological polar surface area (TPSA) is 105 Å². The number of aliphatic hydroxyl groups excluding tert-OH is 2. The summed E-state index contributed by atoms with van der Waals surface area (Å²) in [6.45, 7) is 3.26. The molecule has 0 bridgehead atoms. The van der Waals surface area contributed by atoms with Crippen LogP contribution in [0.3, 0.4) is 0 Å². The lowest BCUT2D eigenvalue weighted by Gasteiger charge is -2.29. The zero-order valence-electron chi connectivity index (χ0n) is 10.3. The maximum atomic E-state index is 11.9. The van der Waals surface area contributed by atoms with Gasteiger partial charge in [0.25, 0.3) is 5.56 Å². The fraction of sp³-hybridized carbons (Fsp3) is 0.500. The third-order valence-corrected chi connectivity index (χ3v) is 3.23. The second kappa shape index (κ2) is 5.12. The monoisotopic (exact) mass is 268 g/mol. The van der Waals surface area contributed by atoms with E-state index in [4.69, 9.17) is 9.84 Å². The molecule has 0 amide bonds. The summed E-state index contributed by atoms with van der Waals surface area (Å²) >= 11 is 0. The van der Waals surface area contributed by atoms with Gasteiger partial charge in [-0.1, -0.05) is 6.08 Å². The summed E-state index contributed by atoms with van der Waals surface area (Å²) < 4.78 is 6.84. The molecule has 0 unspecified atom stereocenters. The van der Waals surface area contributed by atoms with Crippen molar-refractivity contribution in [3.8, 4) is 0 Å². The second-order valence-electron chi connectivity index (χ2n) is 4.53. The Morgan fingerprint density at radius 1 is 1.63 bits per heavy atom. The van der Waals surface area contributed by atoms with Gasteiger partial charge < -0.3 is 14.9 Å². The van der Waals surface area contributed by atoms with Gasteiger partial charge in [0, 0.05) is 25.1 Å². The van der Waals surface area contributed by atoms with Crippen molar-refractivity contribution in [2.24, 2.45) is 0 Å². The molecule has 3 N–H and O–H groups in total. The number of ether oxygens (including phenoxy) is 1. The van der Waals surface area contributed by atoms with E-state index in [9.17, 15) is 14.7 Å². The first-order valence-corrected chi connectivity index (χ1v) is 5.92. The van der Waals surface area contributed by atoms with Crippen molar-refractivity contribution in [3.05, 3.63) is 45.8 Å². The molecule has 1 aromatic heterocycles. The standard InChI is InChI=1S/C12H16N2O5/c1-2-4-12(6-8(16)9(7-15)19-12)14-5-3-10(17)13-11(14)18/h2-3,5,8-9,15-16H,1,4,6-7H2,(H,13,17,18)/t8-,9+,12+/m0/s1. The first kappa shape index (κ1) is 13.7. The van der Waals surface area contributed by atoms with E-state index in [1.54, 1.807) is 6.08 Å². The molecular weight excluding hydrogens is 252 g/mol. The predicted molar refractivity (Wildman–Crippen MR) is 66.7 cm³/mol. The van der Waals surface area contributed by atoms with Gasteiger partial charge in [0.05, 0.1) is 12.7 Å². The van der Waals surface area contributed by atoms with E-state index in [0.717, 1.165) is 0 Å². The first-order valence-electron chi connectivity index (χ1n) is 5.92. The Kier molecular flexibility index (Phi) is 3.70. The van der Waals surface area contributed by atoms with Crippen LogP contribution in [0.1, 0.15) is 12.8 Å². The van der Waals surface area contributed by atoms with Crippen molar-refractivity contribution in [2.45, 2.75) is 30.8 Å². The third-order valence-electron chi connectivity index (χ3n) is 3.23. The zero-order chi connectivity index (χ0) is 14.0. The average molecular weight is 268 g/mol. The molecule has 1 aromatic rings. The van der Waals surface area contributed by atoms with Crippen molar-refractivity contribution in [2.75, 3.05) is 6.61 Å². The van der Waals surface area contributed by atoms with Gasteiger partial charge in [-0.05, 0) is 0 Å². The normalized spacial score (nSPS) is 30.4. The quantitative estimate of drug-likeness (QED) is 0.602. The molecule has 1 aliphatic rings. The van der Waals surface area contributed by atoms with E-state index in [1.165, 1.54) is 16.8 Å². The number of rotatable bonds is 4. The minimum atomic E-state index is -1.13. The van der Waals surface area contributed by atoms with Gasteiger partial charge >= 0.3 is 5.69 Å². The molecule has 0 radical (unpaired) electrons. The van der Waals surface area contributed by atoms with Gasteiger partial charge in [0.1, 0.15) is 6.10 Å². The number of aromatic amines is 1. The molecule has 19 heavy (non-hydrogen) atoms. The number of H-pyrrole nitrogens is 1. The van der Waals surface area contributed by atoms with Crippen molar-refractivity contribution in [3.63, 3.8) is 0 Å². The molecule has 104 valence electrons. The fourth-order valence-electron chi connectivity index (χ4n) is 2.37. The van der Waals surface area contributed by atoms with Crippen LogP contribution in [0.15, 0.2) is 34.5 Å². The van der Waals surface area contributed by atoms with Crippen LogP contribution in [0, 0.1) is 0 Å². The van der Waals surface area contributed by atoms with E-state index in [-0.39, 0.29) is 19.4 Å². The van der Waals surface area contributed by atoms with Crippen molar-refractivity contribution in [1.29, 1.82) is 0 Å². The van der Waals surface area contributed by atoms with Gasteiger partial charge in [-0.25, -0.2) is 4.79 Å². The Bertz CT molecular complexity index is 578. The van der Waals surface area contributed by atoms with Crippen LogP contribution in [-0.4, -0.2) is 38.6 Å². The summed E-state index contributed by atoms with van der Waals surface area (Å²) in [5.74, 6) is 0. The lowest BCUT2D eigenvalue weighted by atomic mass is 10.0. The molecule has 7 heteroatoms. The Labute approximate surface area is 108 Å². The molecule has 1 aliphatic heterocycles. The van der Waals surface area contributed by atoms with E-state index in [1.807, 2.05) is 0 Å². The Morgan fingerprint density at radius 2 is 2.37 bits per heavy atom. The number of nitrogens with one attached hydrogen (secondary N) is 1. The number of nitrogens with zero attached hydrogens (tertiary/aromatic N) is 1. The molecule has 3 atom stereocenters. The van der Waals surface area contributed by atoms with Gasteiger partial charge in [0.2, 0.25) is 0 Å². The molecule has 2 rings (SSSR count). The maximum Gasteiger partial charge on any atom is 0.330 e. The Balaban J connectivity index is 2.49. The molecule has 0 aromatic carbocycles. The summed E-state index contributed by atoms with van der Waals surface area (Å²) in [5, 5.41) is 19.0. The van der Waals surface area contributed by atoms with Crippen molar-refractivity contribution in [1.82, 2.24) is 9.55 Å². The van der Waals surface area contributed by atoms with E-state index < -0.39 is 29.2 Å². The van der Waals surface area contributed by atoms with Crippen LogP contribution in [0.25, 0.3) is 0 Å². The summed E-state index contributed by atoms with van der Waals surface area (Å²) in [6.07, 6.45) is 1.63. The van der Waals surface area contributed by atoms with E-state index >= 15 is 0 Å². The van der Waals surface area contributed by atoms with Gasteiger partial charge in [-0.3, -0.25) is 14.3 Å². The number of aliphatic hydroxyl groups is 2. The molecule has 1 saturated heterocycles. The van der Waals surface area contributed by atoms with Crippen LogP contribution in [0.5, 0.6) is 0 Å². The number of hydrogen-bond acceptors (Lipinski definition) is 5. The van der Waals surface area contributed by atoms with Gasteiger partial charge in [-0.2, -0.15) is 0 Å². The largest absolute Gasteiger partial charge is 0.394 e. The van der Waals surface area contributed by atoms with Crippen LogP contribution in [-0.2, 0) is 10.5 Å². The molecule has 7 nitrogen and oxygen atoms in total. The summed E-state index contributed by atoms with van der Waals surface area (Å²) in [5.41, 5.74) is -2.26. The summed E-state index contributed by atoms with van der Waals surface area (Å²) in [6, 6.07) is 1.20. The maximum absolute atomic E-state index is 11.9. The average Bonchev–Trinajstić information content (AvgIpc) is 2.66. The Morgan fingerprint density at radius 3 is 2.89 bits per heavy atom. The SMILES string of the molecule is C=CC[C@]1(n2ccc(=O)[nH]c2=O)C[C@H](O)[C@@H](CO)O1. The predicted octanol–water partition coefficient (Wildman–Crippen LogP) is -1.09. The summed E-state index contributed by atoms with van der Waals surface area (Å²) in [7, 11) is 0. The van der Waals surface area contributed by atoms with E-state index in [0.29, 0.717) is 0 Å². The lowest BCUT2D eigenvalue weighted by molar-refractivity contribution is -0.117. The molecule has 1 fully saturated rings. The van der Waals surface area contributed by atoms with Gasteiger partial charge in [-0.15, -0.1) is 6.58 Å². The molecule has 0 spiro atoms. The minimum Gasteiger partial charge on any atom is -0.394 e. The summed E-state index contributed by atoms with van der Waals surface area (Å²) in [4.78, 5) is 25.1. The molecule has 0 aliphatic carbocycles. The third kappa shape index (κ3) is 2.40. The second-order valence-corrected chi connectivity index (χ2v) is 4.53. The number of aromatic nitrogens is 2. The Hall–Kier alpha value is -1.70. The smallest absolute Gasteiger partial charge is 0.330 e. The van der Waals surface area contributed by atoms with Crippen LogP contribution in [0.2, 0.25) is 0 Å². The van der Waals surface area contributed by atoms with Crippen LogP contribution < -0.4 is 11.2 Å². The highest BCUT2D eigenvalue weighted by Gasteiger charge is 2.46. The highest BCUT2D eigenvalue weighted by atomic mass is 16.6. The zero-order valence-corrected chi connectivity index (χ0v) is 10.3. The van der Waals surface area contributed by atoms with E-state index in [2.05, 4.69) is 11.6 Å². The lowest BCUT2D eigenvalue weighted by Crippen LogP contribution is -2.43. The highest BCUT2D eigenvalue weighted by molar-refractivity contribution is 4.98.